The number of carboxylic acid groups (broad SMARTS) is 1. The van der Waals surface area contributed by atoms with Gasteiger partial charge in [-0.2, -0.15) is 5.10 Å². The van der Waals surface area contributed by atoms with E-state index in [-0.39, 0.29) is 11.8 Å². The van der Waals surface area contributed by atoms with E-state index in [0.717, 1.165) is 24.2 Å². The van der Waals surface area contributed by atoms with Crippen molar-refractivity contribution in [1.82, 2.24) is 14.7 Å². The molecular weight excluding hydrogens is 270 g/mol. The van der Waals surface area contributed by atoms with Crippen molar-refractivity contribution in [2.75, 3.05) is 6.54 Å². The summed E-state index contributed by atoms with van der Waals surface area (Å²) in [6.45, 7) is 6.80. The monoisotopic (exact) mass is 293 g/mol. The molecule has 0 bridgehead atoms. The van der Waals surface area contributed by atoms with Gasteiger partial charge in [-0.25, -0.2) is 4.79 Å². The Morgan fingerprint density at radius 1 is 1.43 bits per heavy atom. The van der Waals surface area contributed by atoms with Gasteiger partial charge >= 0.3 is 5.97 Å². The van der Waals surface area contributed by atoms with Gasteiger partial charge in [0.2, 0.25) is 5.91 Å². The third-order valence-corrected chi connectivity index (χ3v) is 4.15. The molecule has 1 aromatic heterocycles. The van der Waals surface area contributed by atoms with Crippen LogP contribution in [-0.2, 0) is 16.1 Å². The lowest BCUT2D eigenvalue weighted by Gasteiger charge is -2.37. The molecule has 2 unspecified atom stereocenters. The number of piperidine rings is 1. The van der Waals surface area contributed by atoms with E-state index >= 15 is 0 Å². The fraction of sp³-hybridized carbons (Fsp3) is 0.667. The average Bonchev–Trinajstić information content (AvgIpc) is 2.73. The summed E-state index contributed by atoms with van der Waals surface area (Å²) in [6, 6.07) is 1.28. The van der Waals surface area contributed by atoms with Crippen molar-refractivity contribution in [3.8, 4) is 0 Å². The summed E-state index contributed by atoms with van der Waals surface area (Å²) in [7, 11) is 0. The van der Waals surface area contributed by atoms with Gasteiger partial charge < -0.3 is 10.0 Å². The Labute approximate surface area is 124 Å². The number of rotatable bonds is 4. The van der Waals surface area contributed by atoms with Gasteiger partial charge in [-0.3, -0.25) is 9.48 Å². The molecule has 1 aromatic rings. The number of nitrogens with zero attached hydrogens (tertiary/aromatic N) is 3. The van der Waals surface area contributed by atoms with Gasteiger partial charge in [-0.1, -0.05) is 6.92 Å². The lowest BCUT2D eigenvalue weighted by Crippen LogP contribution is -2.52. The molecule has 1 fully saturated rings. The maximum Gasteiger partial charge on any atom is 0.326 e. The molecule has 21 heavy (non-hydrogen) atoms. The predicted octanol–water partition coefficient (Wildman–Crippen LogP) is 1.60. The van der Waals surface area contributed by atoms with Crippen LogP contribution in [0.1, 0.15) is 37.6 Å². The standard InChI is InChI=1S/C15H23N3O3/c1-10-5-4-7-17(14(10)15(20)21)13(19)6-8-18-12(3)9-11(2)16-18/h9-10,14H,4-8H2,1-3H3,(H,20,21). The second kappa shape index (κ2) is 6.28. The number of likely N-dealkylation sites (tertiary alicyclic amines) is 1. The van der Waals surface area contributed by atoms with Gasteiger partial charge in [0.1, 0.15) is 6.04 Å². The van der Waals surface area contributed by atoms with Crippen LogP contribution in [0.5, 0.6) is 0 Å². The SMILES string of the molecule is Cc1cc(C)n(CCC(=O)N2CCCC(C)C2C(=O)O)n1. The molecule has 1 amide bonds. The molecular formula is C15H23N3O3. The summed E-state index contributed by atoms with van der Waals surface area (Å²) < 4.78 is 1.80. The highest BCUT2D eigenvalue weighted by Gasteiger charge is 2.36. The van der Waals surface area contributed by atoms with E-state index < -0.39 is 12.0 Å². The number of hydrogen-bond acceptors (Lipinski definition) is 3. The number of hydrogen-bond donors (Lipinski definition) is 1. The number of carbonyl (C=O) groups is 2. The van der Waals surface area contributed by atoms with Crippen LogP contribution >= 0.6 is 0 Å². The second-order valence-corrected chi connectivity index (χ2v) is 5.89. The topological polar surface area (TPSA) is 75.4 Å². The van der Waals surface area contributed by atoms with E-state index in [1.807, 2.05) is 26.8 Å². The average molecular weight is 293 g/mol. The lowest BCUT2D eigenvalue weighted by atomic mass is 9.90. The van der Waals surface area contributed by atoms with Gasteiger partial charge in [0.15, 0.2) is 0 Å². The van der Waals surface area contributed by atoms with Crippen molar-refractivity contribution >= 4 is 11.9 Å². The summed E-state index contributed by atoms with van der Waals surface area (Å²) in [4.78, 5) is 25.3. The maximum absolute atomic E-state index is 12.4. The van der Waals surface area contributed by atoms with Crippen LogP contribution in [0.3, 0.4) is 0 Å². The lowest BCUT2D eigenvalue weighted by molar-refractivity contribution is -0.154. The highest BCUT2D eigenvalue weighted by atomic mass is 16.4. The summed E-state index contributed by atoms with van der Waals surface area (Å²) in [5, 5.41) is 13.7. The first kappa shape index (κ1) is 15.5. The molecule has 0 saturated carbocycles. The Kier molecular flexibility index (Phi) is 4.65. The molecule has 0 radical (unpaired) electrons. The van der Waals surface area contributed by atoms with Crippen LogP contribution in [0.15, 0.2) is 6.07 Å². The van der Waals surface area contributed by atoms with E-state index in [9.17, 15) is 14.7 Å². The van der Waals surface area contributed by atoms with Crippen molar-refractivity contribution in [2.45, 2.75) is 52.6 Å². The third kappa shape index (κ3) is 3.43. The second-order valence-electron chi connectivity index (χ2n) is 5.89. The zero-order valence-corrected chi connectivity index (χ0v) is 12.9. The summed E-state index contributed by atoms with van der Waals surface area (Å²) in [5.41, 5.74) is 1.94. The van der Waals surface area contributed by atoms with E-state index in [1.54, 1.807) is 4.68 Å². The zero-order chi connectivity index (χ0) is 15.6. The number of carboxylic acids is 1. The van der Waals surface area contributed by atoms with Gasteiger partial charge in [-0.15, -0.1) is 0 Å². The number of amides is 1. The molecule has 1 saturated heterocycles. The number of carbonyl (C=O) groups excluding carboxylic acids is 1. The molecule has 2 heterocycles. The smallest absolute Gasteiger partial charge is 0.326 e. The Morgan fingerprint density at radius 2 is 2.14 bits per heavy atom. The summed E-state index contributed by atoms with van der Waals surface area (Å²) in [6.07, 6.45) is 2.02. The molecule has 2 atom stereocenters. The first-order valence-electron chi connectivity index (χ1n) is 7.43. The Hall–Kier alpha value is -1.85. The molecule has 116 valence electrons. The van der Waals surface area contributed by atoms with Gasteiger partial charge in [0, 0.05) is 25.2 Å². The molecule has 6 heteroatoms. The molecule has 1 aliphatic rings. The van der Waals surface area contributed by atoms with Crippen molar-refractivity contribution < 1.29 is 14.7 Å². The predicted molar refractivity (Wildman–Crippen MR) is 77.9 cm³/mol. The Balaban J connectivity index is 2.01. The highest BCUT2D eigenvalue weighted by Crippen LogP contribution is 2.24. The number of aromatic nitrogens is 2. The minimum atomic E-state index is -0.901. The summed E-state index contributed by atoms with van der Waals surface area (Å²) >= 11 is 0. The Morgan fingerprint density at radius 3 is 2.71 bits per heavy atom. The first-order chi connectivity index (χ1) is 9.90. The fourth-order valence-corrected chi connectivity index (χ4v) is 3.09. The zero-order valence-electron chi connectivity index (χ0n) is 12.9. The van der Waals surface area contributed by atoms with Crippen molar-refractivity contribution in [1.29, 1.82) is 0 Å². The number of aliphatic carboxylic acids is 1. The quantitative estimate of drug-likeness (QED) is 0.915. The third-order valence-electron chi connectivity index (χ3n) is 4.15. The highest BCUT2D eigenvalue weighted by molar-refractivity contribution is 5.84. The van der Waals surface area contributed by atoms with Crippen LogP contribution in [0.4, 0.5) is 0 Å². The van der Waals surface area contributed by atoms with Crippen LogP contribution in [-0.4, -0.2) is 44.3 Å². The fourth-order valence-electron chi connectivity index (χ4n) is 3.09. The van der Waals surface area contributed by atoms with Crippen molar-refractivity contribution in [3.05, 3.63) is 17.5 Å². The van der Waals surface area contributed by atoms with Crippen LogP contribution in [0, 0.1) is 19.8 Å². The molecule has 1 N–H and O–H groups in total. The van der Waals surface area contributed by atoms with E-state index in [2.05, 4.69) is 5.10 Å². The minimum Gasteiger partial charge on any atom is -0.480 e. The molecule has 1 aliphatic heterocycles. The largest absolute Gasteiger partial charge is 0.480 e. The molecule has 0 aromatic carbocycles. The van der Waals surface area contributed by atoms with Crippen LogP contribution in [0.25, 0.3) is 0 Å². The van der Waals surface area contributed by atoms with E-state index in [1.165, 1.54) is 4.90 Å². The summed E-state index contributed by atoms with van der Waals surface area (Å²) in [5.74, 6) is -0.989. The molecule has 0 aliphatic carbocycles. The van der Waals surface area contributed by atoms with Gasteiger partial charge in [-0.05, 0) is 38.7 Å². The van der Waals surface area contributed by atoms with E-state index in [0.29, 0.717) is 19.5 Å². The molecule has 6 nitrogen and oxygen atoms in total. The van der Waals surface area contributed by atoms with Gasteiger partial charge in [0.25, 0.3) is 0 Å². The Bertz CT molecular complexity index is 538. The maximum atomic E-state index is 12.4. The molecule has 2 rings (SSSR count). The normalized spacial score (nSPS) is 22.3. The number of aryl methyl sites for hydroxylation is 3. The van der Waals surface area contributed by atoms with Crippen LogP contribution in [0.2, 0.25) is 0 Å². The first-order valence-corrected chi connectivity index (χ1v) is 7.43. The van der Waals surface area contributed by atoms with Crippen molar-refractivity contribution in [2.24, 2.45) is 5.92 Å². The van der Waals surface area contributed by atoms with Gasteiger partial charge in [0.05, 0.1) is 5.69 Å². The van der Waals surface area contributed by atoms with Crippen molar-refractivity contribution in [3.63, 3.8) is 0 Å². The molecule has 0 spiro atoms. The van der Waals surface area contributed by atoms with E-state index in [4.69, 9.17) is 0 Å². The van der Waals surface area contributed by atoms with Crippen LogP contribution < -0.4 is 0 Å². The minimum absolute atomic E-state index is 0.00823.